The van der Waals surface area contributed by atoms with Crippen LogP contribution in [0.3, 0.4) is 0 Å². The van der Waals surface area contributed by atoms with Crippen molar-refractivity contribution in [1.29, 1.82) is 0 Å². The second kappa shape index (κ2) is 5.53. The van der Waals surface area contributed by atoms with Crippen LogP contribution >= 0.6 is 23.2 Å². The van der Waals surface area contributed by atoms with Crippen LogP contribution < -0.4 is 0 Å². The van der Waals surface area contributed by atoms with Gasteiger partial charge in [-0.2, -0.15) is 0 Å². The van der Waals surface area contributed by atoms with Crippen LogP contribution in [-0.2, 0) is 9.47 Å². The fourth-order valence-electron chi connectivity index (χ4n) is 2.73. The molecule has 2 aliphatic heterocycles. The van der Waals surface area contributed by atoms with Crippen molar-refractivity contribution in [3.05, 3.63) is 33.8 Å². The minimum atomic E-state index is -0.626. The van der Waals surface area contributed by atoms with E-state index in [0.29, 0.717) is 41.9 Å². The lowest BCUT2D eigenvalue weighted by molar-refractivity contribution is -0.183. The van der Waals surface area contributed by atoms with Gasteiger partial charge >= 0.3 is 0 Å². The Kier molecular flexibility index (Phi) is 3.91. The zero-order valence-corrected chi connectivity index (χ0v) is 12.4. The summed E-state index contributed by atoms with van der Waals surface area (Å²) in [5, 5.41) is 0.908. The van der Waals surface area contributed by atoms with Crippen LogP contribution in [0.5, 0.6) is 0 Å². The number of halogens is 2. The van der Waals surface area contributed by atoms with Gasteiger partial charge < -0.3 is 14.4 Å². The number of carbonyl (C=O) groups excluding carboxylic acids is 1. The van der Waals surface area contributed by atoms with E-state index in [1.165, 1.54) is 0 Å². The molecule has 3 rings (SSSR count). The summed E-state index contributed by atoms with van der Waals surface area (Å²) >= 11 is 12.0. The van der Waals surface area contributed by atoms with Gasteiger partial charge in [0.15, 0.2) is 5.79 Å². The average molecular weight is 316 g/mol. The molecule has 4 nitrogen and oxygen atoms in total. The summed E-state index contributed by atoms with van der Waals surface area (Å²) in [5.74, 6) is -0.755. The molecule has 0 aliphatic carbocycles. The third-order valence-corrected chi connectivity index (χ3v) is 4.24. The van der Waals surface area contributed by atoms with Gasteiger partial charge in [-0.3, -0.25) is 4.79 Å². The molecule has 1 aromatic carbocycles. The first kappa shape index (κ1) is 14.1. The number of benzene rings is 1. The van der Waals surface area contributed by atoms with Crippen LogP contribution in [0.2, 0.25) is 10.0 Å². The van der Waals surface area contributed by atoms with Crippen molar-refractivity contribution < 1.29 is 14.3 Å². The Morgan fingerprint density at radius 1 is 1.25 bits per heavy atom. The molecule has 0 radical (unpaired) electrons. The Hall–Kier alpha value is -0.810. The Balaban J connectivity index is 1.81. The SMILES string of the molecule is O=C(c1cc(Cl)ccc1Cl)N1CCCC2(C1)OCCO2. The smallest absolute Gasteiger partial charge is 0.255 e. The molecule has 108 valence electrons. The number of ether oxygens (including phenoxy) is 2. The lowest BCUT2D eigenvalue weighted by Gasteiger charge is -2.38. The van der Waals surface area contributed by atoms with Gasteiger partial charge in [-0.1, -0.05) is 23.2 Å². The monoisotopic (exact) mass is 315 g/mol. The van der Waals surface area contributed by atoms with Crippen LogP contribution in [0.15, 0.2) is 18.2 Å². The Morgan fingerprint density at radius 3 is 2.75 bits per heavy atom. The molecular weight excluding hydrogens is 301 g/mol. The van der Waals surface area contributed by atoms with Gasteiger partial charge in [0, 0.05) is 18.0 Å². The van der Waals surface area contributed by atoms with Gasteiger partial charge in [-0.25, -0.2) is 0 Å². The molecule has 0 aromatic heterocycles. The van der Waals surface area contributed by atoms with Crippen LogP contribution in [0.4, 0.5) is 0 Å². The number of carbonyl (C=O) groups is 1. The Labute approximate surface area is 127 Å². The maximum absolute atomic E-state index is 12.6. The number of rotatable bonds is 1. The largest absolute Gasteiger partial charge is 0.346 e. The number of piperidine rings is 1. The van der Waals surface area contributed by atoms with E-state index in [1.54, 1.807) is 23.1 Å². The van der Waals surface area contributed by atoms with E-state index in [4.69, 9.17) is 32.7 Å². The van der Waals surface area contributed by atoms with Gasteiger partial charge in [-0.05, 0) is 24.6 Å². The minimum Gasteiger partial charge on any atom is -0.346 e. The number of hydrogen-bond acceptors (Lipinski definition) is 3. The highest BCUT2D eigenvalue weighted by Crippen LogP contribution is 2.31. The van der Waals surface area contributed by atoms with E-state index < -0.39 is 5.79 Å². The maximum atomic E-state index is 12.6. The van der Waals surface area contributed by atoms with Crippen molar-refractivity contribution >= 4 is 29.1 Å². The lowest BCUT2D eigenvalue weighted by Crippen LogP contribution is -2.51. The van der Waals surface area contributed by atoms with Crippen molar-refractivity contribution in [3.8, 4) is 0 Å². The molecule has 20 heavy (non-hydrogen) atoms. The summed E-state index contributed by atoms with van der Waals surface area (Å²) in [6.45, 7) is 2.28. The van der Waals surface area contributed by atoms with Crippen molar-refractivity contribution in [1.82, 2.24) is 4.90 Å². The maximum Gasteiger partial charge on any atom is 0.255 e. The Morgan fingerprint density at radius 2 is 2.00 bits per heavy atom. The molecule has 2 heterocycles. The number of likely N-dealkylation sites (tertiary alicyclic amines) is 1. The fraction of sp³-hybridized carbons (Fsp3) is 0.500. The van der Waals surface area contributed by atoms with Gasteiger partial charge in [-0.15, -0.1) is 0 Å². The van der Waals surface area contributed by atoms with Crippen LogP contribution in [0, 0.1) is 0 Å². The molecule has 1 aromatic rings. The number of nitrogens with zero attached hydrogens (tertiary/aromatic N) is 1. The third kappa shape index (κ3) is 2.66. The summed E-state index contributed by atoms with van der Waals surface area (Å²) < 4.78 is 11.4. The number of hydrogen-bond donors (Lipinski definition) is 0. The molecule has 2 fully saturated rings. The highest BCUT2D eigenvalue weighted by Gasteiger charge is 2.42. The van der Waals surface area contributed by atoms with E-state index in [2.05, 4.69) is 0 Å². The highest BCUT2D eigenvalue weighted by atomic mass is 35.5. The second-order valence-electron chi connectivity index (χ2n) is 5.06. The van der Waals surface area contributed by atoms with Crippen LogP contribution in [-0.4, -0.2) is 42.9 Å². The normalized spacial score (nSPS) is 21.4. The van der Waals surface area contributed by atoms with Crippen LogP contribution in [0.1, 0.15) is 23.2 Å². The summed E-state index contributed by atoms with van der Waals surface area (Å²) in [6.07, 6.45) is 1.67. The molecule has 0 atom stereocenters. The minimum absolute atomic E-state index is 0.129. The van der Waals surface area contributed by atoms with Gasteiger partial charge in [0.25, 0.3) is 5.91 Å². The summed E-state index contributed by atoms with van der Waals surface area (Å²) in [5.41, 5.74) is 0.425. The lowest BCUT2D eigenvalue weighted by atomic mass is 10.0. The average Bonchev–Trinajstić information content (AvgIpc) is 2.88. The molecule has 0 unspecified atom stereocenters. The number of amides is 1. The van der Waals surface area contributed by atoms with Crippen molar-refractivity contribution in [2.24, 2.45) is 0 Å². The molecule has 1 amide bonds. The standard InChI is InChI=1S/C14H15Cl2NO3/c15-10-2-3-12(16)11(8-10)13(18)17-5-1-4-14(9-17)19-6-7-20-14/h2-3,8H,1,4-7,9H2. The van der Waals surface area contributed by atoms with E-state index in [0.717, 1.165) is 12.8 Å². The predicted molar refractivity (Wildman–Crippen MR) is 76.2 cm³/mol. The van der Waals surface area contributed by atoms with Crippen molar-refractivity contribution in [2.45, 2.75) is 18.6 Å². The molecule has 0 bridgehead atoms. The molecule has 2 saturated heterocycles. The summed E-state index contributed by atoms with van der Waals surface area (Å²) in [4.78, 5) is 14.3. The third-order valence-electron chi connectivity index (χ3n) is 3.68. The highest BCUT2D eigenvalue weighted by molar-refractivity contribution is 6.35. The fourth-order valence-corrected chi connectivity index (χ4v) is 3.10. The zero-order chi connectivity index (χ0) is 14.2. The van der Waals surface area contributed by atoms with Gasteiger partial charge in [0.2, 0.25) is 0 Å². The first-order chi connectivity index (χ1) is 9.60. The predicted octanol–water partition coefficient (Wildman–Crippen LogP) is 2.97. The van der Waals surface area contributed by atoms with E-state index in [1.807, 2.05) is 0 Å². The van der Waals surface area contributed by atoms with E-state index in [9.17, 15) is 4.79 Å². The van der Waals surface area contributed by atoms with E-state index >= 15 is 0 Å². The first-order valence-electron chi connectivity index (χ1n) is 6.62. The molecular formula is C14H15Cl2NO3. The summed E-state index contributed by atoms with van der Waals surface area (Å²) in [6, 6.07) is 4.91. The molecule has 2 aliphatic rings. The second-order valence-corrected chi connectivity index (χ2v) is 5.91. The molecule has 0 N–H and O–H groups in total. The van der Waals surface area contributed by atoms with Crippen molar-refractivity contribution in [3.63, 3.8) is 0 Å². The Bertz CT molecular complexity index is 529. The topological polar surface area (TPSA) is 38.8 Å². The first-order valence-corrected chi connectivity index (χ1v) is 7.37. The summed E-state index contributed by atoms with van der Waals surface area (Å²) in [7, 11) is 0. The van der Waals surface area contributed by atoms with Crippen LogP contribution in [0.25, 0.3) is 0 Å². The zero-order valence-electron chi connectivity index (χ0n) is 10.9. The molecule has 0 saturated carbocycles. The van der Waals surface area contributed by atoms with Gasteiger partial charge in [0.1, 0.15) is 0 Å². The van der Waals surface area contributed by atoms with E-state index in [-0.39, 0.29) is 5.91 Å². The quantitative estimate of drug-likeness (QED) is 0.799. The molecule has 1 spiro atoms. The molecule has 6 heteroatoms. The van der Waals surface area contributed by atoms with Crippen molar-refractivity contribution in [2.75, 3.05) is 26.3 Å². The van der Waals surface area contributed by atoms with Gasteiger partial charge in [0.05, 0.1) is 30.3 Å².